The molecule has 6 nitrogen and oxygen atoms in total. The monoisotopic (exact) mass is 422 g/mol. The van der Waals surface area contributed by atoms with Crippen molar-refractivity contribution in [3.8, 4) is 11.5 Å². The van der Waals surface area contributed by atoms with Crippen LogP contribution < -0.4 is 20.1 Å². The lowest BCUT2D eigenvalue weighted by Gasteiger charge is -2.16. The quantitative estimate of drug-likeness (QED) is 0.601. The number of thiophene rings is 1. The van der Waals surface area contributed by atoms with Crippen molar-refractivity contribution in [3.63, 3.8) is 0 Å². The molecular formula is C23H22N2O4S. The predicted molar refractivity (Wildman–Crippen MR) is 118 cm³/mol. The Balaban J connectivity index is 1.57. The number of nitrogens with one attached hydrogen (secondary N) is 2. The fourth-order valence-corrected chi connectivity index (χ4v) is 4.65. The highest BCUT2D eigenvalue weighted by atomic mass is 32.1. The number of ether oxygens (including phenoxy) is 2. The summed E-state index contributed by atoms with van der Waals surface area (Å²) in [5, 5.41) is 5.74. The highest BCUT2D eigenvalue weighted by molar-refractivity contribution is 7.14. The van der Waals surface area contributed by atoms with Crippen molar-refractivity contribution in [1.29, 1.82) is 0 Å². The highest BCUT2D eigenvalue weighted by Crippen LogP contribution is 2.37. The average molecular weight is 423 g/mol. The molecule has 0 unspecified atom stereocenters. The number of rotatable bonds is 6. The second-order valence-electron chi connectivity index (χ2n) is 6.94. The van der Waals surface area contributed by atoms with Crippen molar-refractivity contribution >= 4 is 34.5 Å². The van der Waals surface area contributed by atoms with E-state index in [1.165, 1.54) is 24.7 Å². The Morgan fingerprint density at radius 3 is 2.10 bits per heavy atom. The Bertz CT molecular complexity index is 1070. The van der Waals surface area contributed by atoms with Gasteiger partial charge in [-0.25, -0.2) is 0 Å². The van der Waals surface area contributed by atoms with Crippen molar-refractivity contribution in [2.24, 2.45) is 0 Å². The van der Waals surface area contributed by atoms with Gasteiger partial charge in [-0.15, -0.1) is 11.3 Å². The average Bonchev–Trinajstić information content (AvgIpc) is 3.37. The molecule has 0 saturated carbocycles. The lowest BCUT2D eigenvalue weighted by atomic mass is 10.2. The van der Waals surface area contributed by atoms with Gasteiger partial charge in [0.15, 0.2) is 0 Å². The Morgan fingerprint density at radius 1 is 0.867 bits per heavy atom. The van der Waals surface area contributed by atoms with Gasteiger partial charge in [-0.2, -0.15) is 0 Å². The predicted octanol–water partition coefficient (Wildman–Crippen LogP) is 4.76. The molecule has 0 radical (unpaired) electrons. The maximum Gasteiger partial charge on any atom is 0.265 e. The largest absolute Gasteiger partial charge is 0.494 e. The summed E-state index contributed by atoms with van der Waals surface area (Å²) >= 11 is 1.54. The third kappa shape index (κ3) is 4.02. The zero-order chi connectivity index (χ0) is 21.1. The molecule has 7 heteroatoms. The van der Waals surface area contributed by atoms with E-state index in [-0.39, 0.29) is 11.8 Å². The van der Waals surface area contributed by atoms with Crippen LogP contribution in [0.5, 0.6) is 11.5 Å². The van der Waals surface area contributed by atoms with Crippen LogP contribution in [0.2, 0.25) is 0 Å². The van der Waals surface area contributed by atoms with E-state index < -0.39 is 0 Å². The lowest BCUT2D eigenvalue weighted by Crippen LogP contribution is -2.14. The first-order valence-corrected chi connectivity index (χ1v) is 10.5. The van der Waals surface area contributed by atoms with Gasteiger partial charge in [0.2, 0.25) is 0 Å². The molecule has 1 heterocycles. The molecule has 0 aliphatic heterocycles. The fraction of sp³-hybridized carbons (Fsp3) is 0.217. The smallest absolute Gasteiger partial charge is 0.265 e. The van der Waals surface area contributed by atoms with Gasteiger partial charge in [0.05, 0.1) is 30.5 Å². The Hall–Kier alpha value is -3.32. The first-order valence-electron chi connectivity index (χ1n) is 9.64. The molecule has 1 aromatic heterocycles. The van der Waals surface area contributed by atoms with E-state index >= 15 is 0 Å². The molecule has 2 amide bonds. The van der Waals surface area contributed by atoms with Crippen molar-refractivity contribution in [2.75, 3.05) is 24.9 Å². The van der Waals surface area contributed by atoms with Gasteiger partial charge in [0.25, 0.3) is 11.8 Å². The first kappa shape index (κ1) is 20.0. The highest BCUT2D eigenvalue weighted by Gasteiger charge is 2.21. The SMILES string of the molecule is COc1cc(NC(=O)c2cc3c(s2)CCC3)c(OC)cc1NC(=O)c1ccccc1. The van der Waals surface area contributed by atoms with Crippen LogP contribution in [0.15, 0.2) is 48.5 Å². The van der Waals surface area contributed by atoms with E-state index in [2.05, 4.69) is 10.6 Å². The Labute approximate surface area is 178 Å². The van der Waals surface area contributed by atoms with Crippen LogP contribution >= 0.6 is 11.3 Å². The molecule has 0 spiro atoms. The molecule has 2 aromatic carbocycles. The lowest BCUT2D eigenvalue weighted by molar-refractivity contribution is 0.101. The summed E-state index contributed by atoms with van der Waals surface area (Å²) in [5.41, 5.74) is 2.73. The number of aryl methyl sites for hydroxylation is 2. The third-order valence-corrected chi connectivity index (χ3v) is 6.26. The summed E-state index contributed by atoms with van der Waals surface area (Å²) in [6, 6.07) is 14.2. The molecule has 4 rings (SSSR count). The number of methoxy groups -OCH3 is 2. The number of hydrogen-bond acceptors (Lipinski definition) is 5. The van der Waals surface area contributed by atoms with Crippen LogP contribution in [0.3, 0.4) is 0 Å². The van der Waals surface area contributed by atoms with Crippen LogP contribution in [0.4, 0.5) is 11.4 Å². The number of benzene rings is 2. The Kier molecular flexibility index (Phi) is 5.72. The van der Waals surface area contributed by atoms with Gasteiger partial charge >= 0.3 is 0 Å². The standard InChI is InChI=1S/C23H22N2O4S/c1-28-18-13-17(25-23(27)21-11-15-9-6-10-20(15)30-21)19(29-2)12-16(18)24-22(26)14-7-4-3-5-8-14/h3-5,7-8,11-13H,6,9-10H2,1-2H3,(H,24,26)(H,25,27). The number of anilines is 2. The van der Waals surface area contributed by atoms with Crippen LogP contribution in [-0.2, 0) is 12.8 Å². The molecule has 3 aromatic rings. The van der Waals surface area contributed by atoms with E-state index in [0.29, 0.717) is 33.3 Å². The summed E-state index contributed by atoms with van der Waals surface area (Å²) in [6.07, 6.45) is 3.23. The van der Waals surface area contributed by atoms with Crippen molar-refractivity contribution in [1.82, 2.24) is 0 Å². The second kappa shape index (κ2) is 8.59. The third-order valence-electron chi connectivity index (χ3n) is 5.02. The minimum absolute atomic E-state index is 0.184. The van der Waals surface area contributed by atoms with Gasteiger partial charge in [0, 0.05) is 22.6 Å². The maximum atomic E-state index is 12.8. The molecule has 0 fully saturated rings. The van der Waals surface area contributed by atoms with Crippen molar-refractivity contribution < 1.29 is 19.1 Å². The van der Waals surface area contributed by atoms with Crippen LogP contribution in [0.25, 0.3) is 0 Å². The van der Waals surface area contributed by atoms with Crippen molar-refractivity contribution in [2.45, 2.75) is 19.3 Å². The minimum atomic E-state index is -0.263. The summed E-state index contributed by atoms with van der Waals surface area (Å²) in [7, 11) is 3.02. The van der Waals surface area contributed by atoms with E-state index in [1.807, 2.05) is 12.1 Å². The van der Waals surface area contributed by atoms with E-state index in [9.17, 15) is 9.59 Å². The molecule has 2 N–H and O–H groups in total. The second-order valence-corrected chi connectivity index (χ2v) is 8.08. The number of carbonyl (C=O) groups is 2. The number of carbonyl (C=O) groups excluding carboxylic acids is 2. The van der Waals surface area contributed by atoms with Gasteiger partial charge in [0.1, 0.15) is 11.5 Å². The molecule has 154 valence electrons. The normalized spacial score (nSPS) is 12.2. The summed E-state index contributed by atoms with van der Waals surface area (Å²) in [5.74, 6) is 0.400. The zero-order valence-electron chi connectivity index (χ0n) is 16.8. The molecule has 30 heavy (non-hydrogen) atoms. The molecular weight excluding hydrogens is 400 g/mol. The number of fused-ring (bicyclic) bond motifs is 1. The van der Waals surface area contributed by atoms with E-state index in [0.717, 1.165) is 19.3 Å². The minimum Gasteiger partial charge on any atom is -0.494 e. The first-order chi connectivity index (χ1) is 14.6. The fourth-order valence-electron chi connectivity index (χ4n) is 3.50. The molecule has 1 aliphatic rings. The molecule has 0 bridgehead atoms. The van der Waals surface area contributed by atoms with Crippen LogP contribution in [0.1, 0.15) is 36.9 Å². The summed E-state index contributed by atoms with van der Waals surface area (Å²) in [4.78, 5) is 27.3. The zero-order valence-corrected chi connectivity index (χ0v) is 17.6. The molecule has 1 aliphatic carbocycles. The van der Waals surface area contributed by atoms with Gasteiger partial charge in [-0.3, -0.25) is 9.59 Å². The van der Waals surface area contributed by atoms with Crippen LogP contribution in [0, 0.1) is 0 Å². The van der Waals surface area contributed by atoms with Crippen molar-refractivity contribution in [3.05, 3.63) is 69.4 Å². The summed E-state index contributed by atoms with van der Waals surface area (Å²) < 4.78 is 10.9. The number of hydrogen-bond donors (Lipinski definition) is 2. The molecule has 0 atom stereocenters. The van der Waals surface area contributed by atoms with Crippen LogP contribution in [-0.4, -0.2) is 26.0 Å². The topological polar surface area (TPSA) is 76.7 Å². The Morgan fingerprint density at radius 2 is 1.50 bits per heavy atom. The van der Waals surface area contributed by atoms with Gasteiger partial charge < -0.3 is 20.1 Å². The summed E-state index contributed by atoms with van der Waals surface area (Å²) in [6.45, 7) is 0. The number of amides is 2. The molecule has 0 saturated heterocycles. The van der Waals surface area contributed by atoms with Gasteiger partial charge in [-0.05, 0) is 43.0 Å². The maximum absolute atomic E-state index is 12.8. The van der Waals surface area contributed by atoms with Gasteiger partial charge in [-0.1, -0.05) is 18.2 Å². The van der Waals surface area contributed by atoms with E-state index in [4.69, 9.17) is 9.47 Å². The van der Waals surface area contributed by atoms with E-state index in [1.54, 1.807) is 47.7 Å².